The lowest BCUT2D eigenvalue weighted by molar-refractivity contribution is -0.128. The maximum atomic E-state index is 14.3. The van der Waals surface area contributed by atoms with Gasteiger partial charge in [-0.15, -0.1) is 0 Å². The lowest BCUT2D eigenvalue weighted by Gasteiger charge is -2.40. The van der Waals surface area contributed by atoms with Gasteiger partial charge in [-0.25, -0.2) is 9.37 Å². The van der Waals surface area contributed by atoms with Gasteiger partial charge in [0.25, 0.3) is 11.1 Å². The molecule has 222 valence electrons. The summed E-state index contributed by atoms with van der Waals surface area (Å²) in [5, 5.41) is 8.54. The fourth-order valence-electron chi connectivity index (χ4n) is 5.68. The number of piperazine rings is 1. The Balaban J connectivity index is 1.21. The van der Waals surface area contributed by atoms with Gasteiger partial charge in [-0.05, 0) is 73.6 Å². The number of nitrogens with one attached hydrogen (secondary N) is 2. The number of hydrogen-bond acceptors (Lipinski definition) is 7. The Morgan fingerprint density at radius 3 is 2.67 bits per heavy atom. The summed E-state index contributed by atoms with van der Waals surface area (Å²) < 4.78 is 26.0. The van der Waals surface area contributed by atoms with Crippen LogP contribution in [0.5, 0.6) is 10.9 Å². The van der Waals surface area contributed by atoms with Crippen LogP contribution in [-0.2, 0) is 11.3 Å². The second-order valence-corrected chi connectivity index (χ2v) is 12.9. The van der Waals surface area contributed by atoms with Crippen molar-refractivity contribution in [3.63, 3.8) is 0 Å². The van der Waals surface area contributed by atoms with Crippen LogP contribution in [0, 0.1) is 19.7 Å². The Morgan fingerprint density at radius 1 is 1.14 bits per heavy atom. The molecule has 1 saturated heterocycles. The molecule has 6 rings (SSSR count). The molecule has 3 heterocycles. The van der Waals surface area contributed by atoms with Gasteiger partial charge in [0.15, 0.2) is 5.75 Å². The van der Waals surface area contributed by atoms with Gasteiger partial charge in [-0.2, -0.15) is 0 Å². The highest BCUT2D eigenvalue weighted by Gasteiger charge is 2.41. The van der Waals surface area contributed by atoms with E-state index in [4.69, 9.17) is 32.7 Å². The third-order valence-electron chi connectivity index (χ3n) is 7.98. The normalized spacial score (nSPS) is 20.0. The van der Waals surface area contributed by atoms with Crippen molar-refractivity contribution in [3.05, 3.63) is 79.5 Å². The van der Waals surface area contributed by atoms with E-state index in [2.05, 4.69) is 15.6 Å². The Bertz CT molecular complexity index is 1500. The maximum Gasteiger partial charge on any atom is 0.273 e. The molecule has 1 saturated carbocycles. The second kappa shape index (κ2) is 12.5. The standard InChI is InChI=1S/C31H33Cl2FN4O3S/c1-17-10-23(32)29(24(33)11-17)40-8-9-41-31-36-15-27(42-31)22-12-20-13-35-14-26(37-20)28(22)30(39)38(21-6-7-21)16-19-4-3-5-25(34)18(19)2/h3-5,10-11,15,20-21,26,35,37H,6-9,12-14,16H2,1-2H3/t20-,26-/m1/s1. The van der Waals surface area contributed by atoms with Crippen LogP contribution in [-0.4, -0.2) is 60.2 Å². The average molecular weight is 632 g/mol. The van der Waals surface area contributed by atoms with Crippen molar-refractivity contribution >= 4 is 46.0 Å². The second-order valence-electron chi connectivity index (χ2n) is 11.1. The molecule has 1 aliphatic carbocycles. The number of thiazole rings is 1. The highest BCUT2D eigenvalue weighted by molar-refractivity contribution is 7.14. The van der Waals surface area contributed by atoms with E-state index in [0.29, 0.717) is 46.1 Å². The zero-order chi connectivity index (χ0) is 29.4. The summed E-state index contributed by atoms with van der Waals surface area (Å²) in [7, 11) is 0. The van der Waals surface area contributed by atoms with Crippen molar-refractivity contribution in [2.75, 3.05) is 26.3 Å². The summed E-state index contributed by atoms with van der Waals surface area (Å²) in [6.45, 7) is 6.09. The molecular formula is C31H33Cl2FN4O3S. The van der Waals surface area contributed by atoms with Crippen LogP contribution in [0.2, 0.25) is 10.0 Å². The molecule has 1 amide bonds. The third kappa shape index (κ3) is 6.31. The number of carbonyl (C=O) groups is 1. The molecule has 42 heavy (non-hydrogen) atoms. The van der Waals surface area contributed by atoms with Gasteiger partial charge in [0.2, 0.25) is 0 Å². The maximum absolute atomic E-state index is 14.3. The van der Waals surface area contributed by atoms with Gasteiger partial charge < -0.3 is 25.0 Å². The van der Waals surface area contributed by atoms with Crippen molar-refractivity contribution in [2.45, 2.75) is 57.8 Å². The molecule has 2 bridgehead atoms. The Hall–Kier alpha value is -2.69. The van der Waals surface area contributed by atoms with E-state index in [1.165, 1.54) is 17.4 Å². The zero-order valence-electron chi connectivity index (χ0n) is 23.5. The fraction of sp³-hybridized carbons (Fsp3) is 0.419. The Morgan fingerprint density at radius 2 is 1.90 bits per heavy atom. The predicted molar refractivity (Wildman–Crippen MR) is 164 cm³/mol. The Kier molecular flexibility index (Phi) is 8.75. The first-order chi connectivity index (χ1) is 20.3. The topological polar surface area (TPSA) is 75.7 Å². The van der Waals surface area contributed by atoms with Crippen molar-refractivity contribution in [3.8, 4) is 10.9 Å². The molecule has 7 nitrogen and oxygen atoms in total. The van der Waals surface area contributed by atoms with E-state index >= 15 is 0 Å². The predicted octanol–water partition coefficient (Wildman–Crippen LogP) is 5.94. The fourth-order valence-corrected chi connectivity index (χ4v) is 7.24. The number of halogens is 3. The summed E-state index contributed by atoms with van der Waals surface area (Å²) in [5.74, 6) is 0.193. The number of rotatable bonds is 10. The molecule has 2 N–H and O–H groups in total. The molecule has 3 aliphatic rings. The summed E-state index contributed by atoms with van der Waals surface area (Å²) in [5.41, 5.74) is 4.16. The first-order valence-corrected chi connectivity index (χ1v) is 15.8. The van der Waals surface area contributed by atoms with Crippen LogP contribution in [0.1, 0.15) is 40.8 Å². The minimum atomic E-state index is -0.248. The van der Waals surface area contributed by atoms with Gasteiger partial charge in [0.05, 0.1) is 21.0 Å². The molecule has 3 aromatic rings. The number of benzene rings is 2. The number of fused-ring (bicyclic) bond motifs is 2. The SMILES string of the molecule is Cc1cc(Cl)c(OCCOc2ncc(C3=C(C(=O)N(Cc4cccc(F)c4C)C4CC4)[C@H]4CNC[C@@H](C3)N4)s2)c(Cl)c1. The molecule has 2 aromatic carbocycles. The number of nitrogens with zero attached hydrogens (tertiary/aromatic N) is 2. The summed E-state index contributed by atoms with van der Waals surface area (Å²) in [6.07, 6.45) is 4.42. The summed E-state index contributed by atoms with van der Waals surface area (Å²) in [6, 6.07) is 8.96. The van der Waals surface area contributed by atoms with Crippen molar-refractivity contribution < 1.29 is 18.7 Å². The molecule has 2 fully saturated rings. The van der Waals surface area contributed by atoms with E-state index in [1.54, 1.807) is 31.3 Å². The highest BCUT2D eigenvalue weighted by Crippen LogP contribution is 2.39. The quantitative estimate of drug-likeness (QED) is 0.270. The van der Waals surface area contributed by atoms with E-state index in [-0.39, 0.29) is 43.1 Å². The molecular weight excluding hydrogens is 598 g/mol. The van der Waals surface area contributed by atoms with Gasteiger partial charge in [0.1, 0.15) is 19.0 Å². The van der Waals surface area contributed by atoms with Gasteiger partial charge in [-0.3, -0.25) is 4.79 Å². The minimum absolute atomic E-state index is 0.00642. The first kappa shape index (κ1) is 29.4. The van der Waals surface area contributed by atoms with E-state index in [1.807, 2.05) is 17.9 Å². The molecule has 0 spiro atoms. The zero-order valence-corrected chi connectivity index (χ0v) is 25.8. The summed E-state index contributed by atoms with van der Waals surface area (Å²) in [4.78, 5) is 21.7. The van der Waals surface area contributed by atoms with Crippen molar-refractivity contribution in [1.82, 2.24) is 20.5 Å². The van der Waals surface area contributed by atoms with Crippen LogP contribution in [0.25, 0.3) is 5.57 Å². The van der Waals surface area contributed by atoms with Crippen LogP contribution in [0.4, 0.5) is 4.39 Å². The van der Waals surface area contributed by atoms with Crippen molar-refractivity contribution in [1.29, 1.82) is 0 Å². The number of aromatic nitrogens is 1. The minimum Gasteiger partial charge on any atom is -0.487 e. The average Bonchev–Trinajstić information content (AvgIpc) is 3.69. The van der Waals surface area contributed by atoms with Crippen molar-refractivity contribution in [2.24, 2.45) is 0 Å². The number of carbonyl (C=O) groups excluding carboxylic acids is 1. The molecule has 0 unspecified atom stereocenters. The van der Waals surface area contributed by atoms with Crippen LogP contribution >= 0.6 is 34.5 Å². The number of aryl methyl sites for hydroxylation is 1. The lowest BCUT2D eigenvalue weighted by atomic mass is 9.86. The molecule has 11 heteroatoms. The molecule has 2 atom stereocenters. The van der Waals surface area contributed by atoms with Crippen LogP contribution < -0.4 is 20.1 Å². The smallest absolute Gasteiger partial charge is 0.273 e. The highest BCUT2D eigenvalue weighted by atomic mass is 35.5. The summed E-state index contributed by atoms with van der Waals surface area (Å²) >= 11 is 14.0. The van der Waals surface area contributed by atoms with Gasteiger partial charge in [0, 0.05) is 43.5 Å². The lowest BCUT2D eigenvalue weighted by Crippen LogP contribution is -2.59. The van der Waals surface area contributed by atoms with Gasteiger partial charge >= 0.3 is 0 Å². The molecule has 2 aliphatic heterocycles. The number of amides is 1. The molecule has 1 aromatic heterocycles. The Labute approximate surface area is 259 Å². The first-order valence-electron chi connectivity index (χ1n) is 14.2. The third-order valence-corrected chi connectivity index (χ3v) is 9.51. The van der Waals surface area contributed by atoms with Gasteiger partial charge in [-0.1, -0.05) is 46.7 Å². The van der Waals surface area contributed by atoms with E-state index < -0.39 is 0 Å². The van der Waals surface area contributed by atoms with Crippen LogP contribution in [0.15, 0.2) is 42.1 Å². The number of hydrogen-bond donors (Lipinski definition) is 2. The molecule has 0 radical (unpaired) electrons. The number of ether oxygens (including phenoxy) is 2. The van der Waals surface area contributed by atoms with E-state index in [9.17, 15) is 9.18 Å². The van der Waals surface area contributed by atoms with E-state index in [0.717, 1.165) is 46.5 Å². The monoisotopic (exact) mass is 630 g/mol. The largest absolute Gasteiger partial charge is 0.487 e. The van der Waals surface area contributed by atoms with Crippen LogP contribution in [0.3, 0.4) is 0 Å².